The molecular weight excluding hydrogens is 474 g/mol. The molecule has 176 valence electrons. The fraction of sp³-hybridized carbons (Fsp3) is 0.160. The average molecular weight is 498 g/mol. The van der Waals surface area contributed by atoms with Gasteiger partial charge in [-0.3, -0.25) is 4.79 Å². The highest BCUT2D eigenvalue weighted by molar-refractivity contribution is 7.89. The third kappa shape index (κ3) is 5.41. The molecule has 1 amide bonds. The van der Waals surface area contributed by atoms with Crippen molar-refractivity contribution < 1.29 is 17.9 Å². The van der Waals surface area contributed by atoms with Crippen LogP contribution in [0.3, 0.4) is 0 Å². The van der Waals surface area contributed by atoms with Crippen molar-refractivity contribution in [3.05, 3.63) is 95.1 Å². The molecule has 0 aliphatic carbocycles. The van der Waals surface area contributed by atoms with Gasteiger partial charge in [-0.1, -0.05) is 48.0 Å². The third-order valence-corrected chi connectivity index (χ3v) is 7.22. The first-order valence-corrected chi connectivity index (χ1v) is 12.5. The molecule has 3 N–H and O–H groups in total. The second-order valence-electron chi connectivity index (χ2n) is 7.72. The Kier molecular flexibility index (Phi) is 7.21. The van der Waals surface area contributed by atoms with Crippen LogP contribution in [0.15, 0.2) is 83.9 Å². The molecule has 0 saturated carbocycles. The molecular formula is C25H24ClN3O4S. The number of para-hydroxylation sites is 2. The summed E-state index contributed by atoms with van der Waals surface area (Å²) in [5.41, 5.74) is 2.52. The summed E-state index contributed by atoms with van der Waals surface area (Å²) in [6.07, 6.45) is 1.95. The minimum atomic E-state index is -3.98. The Morgan fingerprint density at radius 3 is 2.47 bits per heavy atom. The minimum absolute atomic E-state index is 0.0263. The SMILES string of the molecule is COc1ccccc1CNC(=O)[C@H](Cc1c[nH]c2ccccc12)NS(=O)(=O)c1ccc(Cl)cc1. The van der Waals surface area contributed by atoms with Crippen LogP contribution in [0.5, 0.6) is 5.75 Å². The largest absolute Gasteiger partial charge is 0.496 e. The number of nitrogens with one attached hydrogen (secondary N) is 3. The quantitative estimate of drug-likeness (QED) is 0.325. The van der Waals surface area contributed by atoms with E-state index in [4.69, 9.17) is 16.3 Å². The number of amides is 1. The fourth-order valence-electron chi connectivity index (χ4n) is 3.73. The zero-order valence-electron chi connectivity index (χ0n) is 18.4. The van der Waals surface area contributed by atoms with Gasteiger partial charge in [0, 0.05) is 34.2 Å². The monoisotopic (exact) mass is 497 g/mol. The number of ether oxygens (including phenoxy) is 1. The highest BCUT2D eigenvalue weighted by Gasteiger charge is 2.27. The van der Waals surface area contributed by atoms with Gasteiger partial charge in [-0.2, -0.15) is 4.72 Å². The standard InChI is InChI=1S/C25H24ClN3O4S/c1-33-24-9-5-2-6-17(24)15-28-25(30)23(14-18-16-27-22-8-4-3-7-21(18)22)29-34(31,32)20-12-10-19(26)11-13-20/h2-13,16,23,27,29H,14-15H2,1H3,(H,28,30)/t23-/m0/s1. The van der Waals surface area contributed by atoms with Gasteiger partial charge in [-0.15, -0.1) is 0 Å². The number of sulfonamides is 1. The van der Waals surface area contributed by atoms with Gasteiger partial charge in [-0.25, -0.2) is 8.42 Å². The molecule has 0 aliphatic heterocycles. The Labute approximate surface area is 203 Å². The topological polar surface area (TPSA) is 100 Å². The lowest BCUT2D eigenvalue weighted by Crippen LogP contribution is -2.47. The molecule has 34 heavy (non-hydrogen) atoms. The summed E-state index contributed by atoms with van der Waals surface area (Å²) in [7, 11) is -2.42. The van der Waals surface area contributed by atoms with E-state index in [9.17, 15) is 13.2 Å². The highest BCUT2D eigenvalue weighted by Crippen LogP contribution is 2.21. The normalized spacial score (nSPS) is 12.4. The summed E-state index contributed by atoms with van der Waals surface area (Å²) in [4.78, 5) is 16.4. The summed E-state index contributed by atoms with van der Waals surface area (Å²) in [6.45, 7) is 0.190. The number of rotatable bonds is 9. The van der Waals surface area contributed by atoms with Crippen molar-refractivity contribution in [1.29, 1.82) is 0 Å². The maximum absolute atomic E-state index is 13.2. The van der Waals surface area contributed by atoms with E-state index in [1.807, 2.05) is 42.5 Å². The Hall–Kier alpha value is -3.33. The number of methoxy groups -OCH3 is 1. The highest BCUT2D eigenvalue weighted by atomic mass is 35.5. The number of carbonyl (C=O) groups is 1. The van der Waals surface area contributed by atoms with Gasteiger partial charge in [-0.05, 0) is 48.4 Å². The Morgan fingerprint density at radius 2 is 1.71 bits per heavy atom. The zero-order valence-corrected chi connectivity index (χ0v) is 20.0. The van der Waals surface area contributed by atoms with Gasteiger partial charge in [0.05, 0.1) is 12.0 Å². The van der Waals surface area contributed by atoms with Crippen molar-refractivity contribution in [3.8, 4) is 5.75 Å². The number of halogens is 1. The van der Waals surface area contributed by atoms with Crippen LogP contribution in [-0.4, -0.2) is 32.5 Å². The second kappa shape index (κ2) is 10.3. The smallest absolute Gasteiger partial charge is 0.241 e. The van der Waals surface area contributed by atoms with Crippen LogP contribution in [0.4, 0.5) is 0 Å². The van der Waals surface area contributed by atoms with Gasteiger partial charge in [0.2, 0.25) is 15.9 Å². The van der Waals surface area contributed by atoms with Gasteiger partial charge in [0.15, 0.2) is 0 Å². The summed E-state index contributed by atoms with van der Waals surface area (Å²) in [6, 6.07) is 19.7. The van der Waals surface area contributed by atoms with E-state index in [0.717, 1.165) is 22.0 Å². The number of fused-ring (bicyclic) bond motifs is 1. The zero-order chi connectivity index (χ0) is 24.1. The first-order chi connectivity index (χ1) is 16.4. The molecule has 0 unspecified atom stereocenters. The summed E-state index contributed by atoms with van der Waals surface area (Å²) in [5, 5.41) is 4.19. The van der Waals surface area contributed by atoms with Crippen molar-refractivity contribution in [3.63, 3.8) is 0 Å². The average Bonchev–Trinajstić information content (AvgIpc) is 3.25. The molecule has 0 spiro atoms. The molecule has 4 aromatic rings. The molecule has 0 saturated heterocycles. The lowest BCUT2D eigenvalue weighted by atomic mass is 10.0. The van der Waals surface area contributed by atoms with Gasteiger partial charge in [0.25, 0.3) is 0 Å². The van der Waals surface area contributed by atoms with Crippen LogP contribution < -0.4 is 14.8 Å². The third-order valence-electron chi connectivity index (χ3n) is 5.48. The number of H-pyrrole nitrogens is 1. The molecule has 7 nitrogen and oxygen atoms in total. The summed E-state index contributed by atoms with van der Waals surface area (Å²) < 4.78 is 34.0. The maximum atomic E-state index is 13.2. The van der Waals surface area contributed by atoms with Gasteiger partial charge in [0.1, 0.15) is 11.8 Å². The van der Waals surface area contributed by atoms with E-state index in [1.165, 1.54) is 24.3 Å². The van der Waals surface area contributed by atoms with Gasteiger partial charge < -0.3 is 15.0 Å². The molecule has 0 fully saturated rings. The van der Waals surface area contributed by atoms with Crippen molar-refractivity contribution in [2.75, 3.05) is 7.11 Å². The molecule has 0 aliphatic rings. The lowest BCUT2D eigenvalue weighted by molar-refractivity contribution is -0.122. The van der Waals surface area contributed by atoms with Crippen LogP contribution in [0, 0.1) is 0 Å². The molecule has 1 atom stereocenters. The van der Waals surface area contributed by atoms with Crippen molar-refractivity contribution in [2.45, 2.75) is 23.9 Å². The van der Waals surface area contributed by atoms with E-state index >= 15 is 0 Å². The number of hydrogen-bond donors (Lipinski definition) is 3. The predicted octanol–water partition coefficient (Wildman–Crippen LogP) is 4.04. The van der Waals surface area contributed by atoms with Crippen molar-refractivity contribution >= 4 is 38.4 Å². The van der Waals surface area contributed by atoms with Crippen LogP contribution in [0.25, 0.3) is 10.9 Å². The molecule has 1 heterocycles. The van der Waals surface area contributed by atoms with E-state index < -0.39 is 22.0 Å². The fourth-order valence-corrected chi connectivity index (χ4v) is 5.05. The second-order valence-corrected chi connectivity index (χ2v) is 9.87. The number of aromatic nitrogens is 1. The van der Waals surface area contributed by atoms with Crippen LogP contribution >= 0.6 is 11.6 Å². The molecule has 3 aromatic carbocycles. The minimum Gasteiger partial charge on any atom is -0.496 e. The Morgan fingerprint density at radius 1 is 1.00 bits per heavy atom. The van der Waals surface area contributed by atoms with Crippen LogP contribution in [0.1, 0.15) is 11.1 Å². The molecule has 0 radical (unpaired) electrons. The Balaban J connectivity index is 1.60. The number of benzene rings is 3. The Bertz CT molecular complexity index is 1400. The first kappa shape index (κ1) is 23.8. The number of hydrogen-bond acceptors (Lipinski definition) is 4. The lowest BCUT2D eigenvalue weighted by Gasteiger charge is -2.19. The van der Waals surface area contributed by atoms with Gasteiger partial charge >= 0.3 is 0 Å². The first-order valence-electron chi connectivity index (χ1n) is 10.6. The van der Waals surface area contributed by atoms with E-state index in [1.54, 1.807) is 19.4 Å². The molecule has 9 heteroatoms. The summed E-state index contributed by atoms with van der Waals surface area (Å²) >= 11 is 5.90. The predicted molar refractivity (Wildman–Crippen MR) is 132 cm³/mol. The van der Waals surface area contributed by atoms with Crippen molar-refractivity contribution in [2.24, 2.45) is 0 Å². The van der Waals surface area contributed by atoms with E-state index in [2.05, 4.69) is 15.0 Å². The van der Waals surface area contributed by atoms with Crippen LogP contribution in [-0.2, 0) is 27.8 Å². The van der Waals surface area contributed by atoms with E-state index in [-0.39, 0.29) is 17.9 Å². The summed E-state index contributed by atoms with van der Waals surface area (Å²) in [5.74, 6) is 0.187. The van der Waals surface area contributed by atoms with E-state index in [0.29, 0.717) is 10.8 Å². The number of aromatic amines is 1. The van der Waals surface area contributed by atoms with Crippen LogP contribution in [0.2, 0.25) is 5.02 Å². The maximum Gasteiger partial charge on any atom is 0.241 e. The van der Waals surface area contributed by atoms with Crippen molar-refractivity contribution in [1.82, 2.24) is 15.0 Å². The molecule has 0 bridgehead atoms. The number of carbonyl (C=O) groups excluding carboxylic acids is 1. The molecule has 4 rings (SSSR count). The molecule has 1 aromatic heterocycles.